The summed E-state index contributed by atoms with van der Waals surface area (Å²) in [7, 11) is 1.95. The van der Waals surface area contributed by atoms with E-state index in [0.29, 0.717) is 5.69 Å². The highest BCUT2D eigenvalue weighted by molar-refractivity contribution is 6.03. The number of hydrogen-bond donors (Lipinski definition) is 1. The Morgan fingerprint density at radius 2 is 1.81 bits per heavy atom. The molecule has 2 aromatic carbocycles. The van der Waals surface area contributed by atoms with Crippen LogP contribution in [0.3, 0.4) is 0 Å². The largest absolute Gasteiger partial charge is 0.354 e. The summed E-state index contributed by atoms with van der Waals surface area (Å²) >= 11 is 0. The van der Waals surface area contributed by atoms with Crippen LogP contribution in [-0.2, 0) is 6.54 Å². The van der Waals surface area contributed by atoms with E-state index in [-0.39, 0.29) is 5.91 Å². The summed E-state index contributed by atoms with van der Waals surface area (Å²) in [5.41, 5.74) is 4.44. The van der Waals surface area contributed by atoms with Gasteiger partial charge in [-0.15, -0.1) is 0 Å². The van der Waals surface area contributed by atoms with Gasteiger partial charge in [-0.1, -0.05) is 48.0 Å². The maximum Gasteiger partial charge on any atom is 0.275 e. The van der Waals surface area contributed by atoms with Gasteiger partial charge < -0.3 is 10.2 Å². The van der Waals surface area contributed by atoms with Gasteiger partial charge in [-0.2, -0.15) is 0 Å². The second kappa shape index (κ2) is 7.78. The molecule has 3 aromatic rings. The Morgan fingerprint density at radius 1 is 1.04 bits per heavy atom. The summed E-state index contributed by atoms with van der Waals surface area (Å²) in [4.78, 5) is 23.0. The molecule has 0 saturated carbocycles. The molecule has 0 unspecified atom stereocenters. The molecule has 1 amide bonds. The number of hydrogen-bond acceptors (Lipinski definition) is 4. The van der Waals surface area contributed by atoms with Crippen LogP contribution in [-0.4, -0.2) is 22.9 Å². The predicted octanol–water partition coefficient (Wildman–Crippen LogP) is 3.98. The SMILES string of the molecule is Cc1ccc(NC(=O)c2cnc(N(C)Cc3ccccc3)cn2)c(C)c1. The van der Waals surface area contributed by atoms with Crippen molar-refractivity contribution in [2.75, 3.05) is 17.3 Å². The van der Waals surface area contributed by atoms with Gasteiger partial charge in [0.2, 0.25) is 0 Å². The molecule has 1 N–H and O–H groups in total. The van der Waals surface area contributed by atoms with Crippen molar-refractivity contribution in [2.24, 2.45) is 0 Å². The molecule has 26 heavy (non-hydrogen) atoms. The van der Waals surface area contributed by atoms with Crippen LogP contribution in [0.1, 0.15) is 27.2 Å². The Balaban J connectivity index is 1.67. The second-order valence-corrected chi connectivity index (χ2v) is 6.37. The van der Waals surface area contributed by atoms with Crippen molar-refractivity contribution in [1.82, 2.24) is 9.97 Å². The van der Waals surface area contributed by atoms with Gasteiger partial charge in [0.15, 0.2) is 0 Å². The van der Waals surface area contributed by atoms with Gasteiger partial charge in [-0.25, -0.2) is 9.97 Å². The first-order valence-corrected chi connectivity index (χ1v) is 8.48. The molecule has 0 atom stereocenters. The van der Waals surface area contributed by atoms with E-state index in [0.717, 1.165) is 29.2 Å². The van der Waals surface area contributed by atoms with Crippen LogP contribution in [0.4, 0.5) is 11.5 Å². The lowest BCUT2D eigenvalue weighted by molar-refractivity contribution is 0.102. The van der Waals surface area contributed by atoms with Gasteiger partial charge in [0.1, 0.15) is 11.5 Å². The van der Waals surface area contributed by atoms with Gasteiger partial charge in [0.05, 0.1) is 12.4 Å². The molecular formula is C21H22N4O. The van der Waals surface area contributed by atoms with Crippen LogP contribution < -0.4 is 10.2 Å². The topological polar surface area (TPSA) is 58.1 Å². The molecule has 0 bridgehead atoms. The number of nitrogens with zero attached hydrogens (tertiary/aromatic N) is 3. The monoisotopic (exact) mass is 346 g/mol. The van der Waals surface area contributed by atoms with Crippen molar-refractivity contribution in [3.63, 3.8) is 0 Å². The number of rotatable bonds is 5. The first kappa shape index (κ1) is 17.6. The standard InChI is InChI=1S/C21H22N4O/c1-15-9-10-18(16(2)11-15)24-21(26)19-12-23-20(13-22-19)25(3)14-17-7-5-4-6-8-17/h4-13H,14H2,1-3H3,(H,24,26). The summed E-state index contributed by atoms with van der Waals surface area (Å²) in [6.45, 7) is 4.72. The number of nitrogens with one attached hydrogen (secondary N) is 1. The first-order valence-electron chi connectivity index (χ1n) is 8.48. The maximum absolute atomic E-state index is 12.4. The summed E-state index contributed by atoms with van der Waals surface area (Å²) in [6.07, 6.45) is 3.13. The number of aromatic nitrogens is 2. The smallest absolute Gasteiger partial charge is 0.275 e. The molecule has 0 fully saturated rings. The lowest BCUT2D eigenvalue weighted by Gasteiger charge is -2.18. The number of carbonyl (C=O) groups excluding carboxylic acids is 1. The zero-order valence-corrected chi connectivity index (χ0v) is 15.2. The lowest BCUT2D eigenvalue weighted by atomic mass is 10.1. The van der Waals surface area contributed by atoms with E-state index in [1.165, 1.54) is 11.8 Å². The minimum atomic E-state index is -0.262. The van der Waals surface area contributed by atoms with E-state index >= 15 is 0 Å². The first-order chi connectivity index (χ1) is 12.5. The molecular weight excluding hydrogens is 324 g/mol. The number of aryl methyl sites for hydroxylation is 2. The zero-order valence-electron chi connectivity index (χ0n) is 15.2. The maximum atomic E-state index is 12.4. The van der Waals surface area contributed by atoms with Crippen molar-refractivity contribution in [3.8, 4) is 0 Å². The van der Waals surface area contributed by atoms with Gasteiger partial charge in [0, 0.05) is 19.3 Å². The van der Waals surface area contributed by atoms with Crippen LogP contribution in [0, 0.1) is 13.8 Å². The lowest BCUT2D eigenvalue weighted by Crippen LogP contribution is -2.19. The number of carbonyl (C=O) groups is 1. The third-order valence-corrected chi connectivity index (χ3v) is 4.15. The fourth-order valence-corrected chi connectivity index (χ4v) is 2.71. The van der Waals surface area contributed by atoms with Gasteiger partial charge >= 0.3 is 0 Å². The van der Waals surface area contributed by atoms with Crippen molar-refractivity contribution >= 4 is 17.4 Å². The van der Waals surface area contributed by atoms with Crippen molar-refractivity contribution in [3.05, 3.63) is 83.3 Å². The van der Waals surface area contributed by atoms with Gasteiger partial charge in [-0.3, -0.25) is 4.79 Å². The molecule has 5 heteroatoms. The molecule has 132 valence electrons. The normalized spacial score (nSPS) is 10.4. The van der Waals surface area contributed by atoms with Crippen LogP contribution in [0.15, 0.2) is 60.9 Å². The number of amides is 1. The molecule has 0 aliphatic carbocycles. The third kappa shape index (κ3) is 4.25. The van der Waals surface area contributed by atoms with Crippen LogP contribution >= 0.6 is 0 Å². The zero-order chi connectivity index (χ0) is 18.5. The molecule has 0 spiro atoms. The van der Waals surface area contributed by atoms with Crippen LogP contribution in [0.25, 0.3) is 0 Å². The fourth-order valence-electron chi connectivity index (χ4n) is 2.71. The van der Waals surface area contributed by atoms with Crippen molar-refractivity contribution < 1.29 is 4.79 Å². The minimum Gasteiger partial charge on any atom is -0.354 e. The predicted molar refractivity (Wildman–Crippen MR) is 104 cm³/mol. The molecule has 5 nitrogen and oxygen atoms in total. The summed E-state index contributed by atoms with van der Waals surface area (Å²) in [5.74, 6) is 0.457. The van der Waals surface area contributed by atoms with E-state index in [9.17, 15) is 4.79 Å². The fraction of sp³-hybridized carbons (Fsp3) is 0.190. The molecule has 0 radical (unpaired) electrons. The Labute approximate surface area is 153 Å². The second-order valence-electron chi connectivity index (χ2n) is 6.37. The van der Waals surface area contributed by atoms with Crippen LogP contribution in [0.2, 0.25) is 0 Å². The average molecular weight is 346 g/mol. The Morgan fingerprint density at radius 3 is 2.46 bits per heavy atom. The van der Waals surface area contributed by atoms with E-state index in [1.807, 2.05) is 62.2 Å². The van der Waals surface area contributed by atoms with E-state index < -0.39 is 0 Å². The molecule has 0 saturated heterocycles. The van der Waals surface area contributed by atoms with E-state index in [1.54, 1.807) is 6.20 Å². The average Bonchev–Trinajstić information content (AvgIpc) is 2.65. The highest BCUT2D eigenvalue weighted by Crippen LogP contribution is 2.17. The Kier molecular flexibility index (Phi) is 5.27. The molecule has 1 aromatic heterocycles. The Bertz CT molecular complexity index is 892. The third-order valence-electron chi connectivity index (χ3n) is 4.15. The molecule has 0 aliphatic heterocycles. The summed E-state index contributed by atoms with van der Waals surface area (Å²) < 4.78 is 0. The van der Waals surface area contributed by atoms with E-state index in [2.05, 4.69) is 27.4 Å². The van der Waals surface area contributed by atoms with Crippen molar-refractivity contribution in [2.45, 2.75) is 20.4 Å². The molecule has 0 aliphatic rings. The number of anilines is 2. The quantitative estimate of drug-likeness (QED) is 0.759. The Hall–Kier alpha value is -3.21. The molecule has 3 rings (SSSR count). The number of benzene rings is 2. The molecule has 1 heterocycles. The van der Waals surface area contributed by atoms with Crippen LogP contribution in [0.5, 0.6) is 0 Å². The highest BCUT2D eigenvalue weighted by atomic mass is 16.1. The summed E-state index contributed by atoms with van der Waals surface area (Å²) in [6, 6.07) is 16.0. The van der Waals surface area contributed by atoms with Crippen molar-refractivity contribution in [1.29, 1.82) is 0 Å². The summed E-state index contributed by atoms with van der Waals surface area (Å²) in [5, 5.41) is 2.89. The minimum absolute atomic E-state index is 0.262. The van der Waals surface area contributed by atoms with Gasteiger partial charge in [-0.05, 0) is 31.0 Å². The van der Waals surface area contributed by atoms with Gasteiger partial charge in [0.25, 0.3) is 5.91 Å². The highest BCUT2D eigenvalue weighted by Gasteiger charge is 2.11. The van der Waals surface area contributed by atoms with E-state index in [4.69, 9.17) is 0 Å².